The van der Waals surface area contributed by atoms with Gasteiger partial charge in [-0.15, -0.1) is 0 Å². The van der Waals surface area contributed by atoms with Gasteiger partial charge in [0.2, 0.25) is 0 Å². The number of nitrogens with zero attached hydrogens (tertiary/aromatic N) is 1. The third kappa shape index (κ3) is 5.48. The lowest BCUT2D eigenvalue weighted by Crippen LogP contribution is -2.48. The molecule has 158 valence electrons. The molecule has 2 rings (SSSR count). The lowest BCUT2D eigenvalue weighted by atomic mass is 9.48. The molecule has 0 aliphatic heterocycles. The molecule has 28 heavy (non-hydrogen) atoms. The Kier molecular flexibility index (Phi) is 7.52. The first-order chi connectivity index (χ1) is 13.1. The average Bonchev–Trinajstić information content (AvgIpc) is 2.58. The van der Waals surface area contributed by atoms with Crippen molar-refractivity contribution in [3.63, 3.8) is 0 Å². The molecule has 0 aromatic rings. The van der Waals surface area contributed by atoms with E-state index in [2.05, 4.69) is 57.3 Å². The number of nitrogens with one attached hydrogen (secondary N) is 1. The van der Waals surface area contributed by atoms with Gasteiger partial charge in [0.25, 0.3) is 0 Å². The van der Waals surface area contributed by atoms with E-state index in [0.717, 1.165) is 30.9 Å². The van der Waals surface area contributed by atoms with Crippen LogP contribution in [0.5, 0.6) is 0 Å². The zero-order valence-corrected chi connectivity index (χ0v) is 18.9. The molecular weight excluding hydrogens is 346 g/mol. The van der Waals surface area contributed by atoms with Crippen LogP contribution in [0, 0.1) is 22.7 Å². The summed E-state index contributed by atoms with van der Waals surface area (Å²) in [6, 6.07) is -0.611. The number of fused-ring (bicyclic) bond motifs is 1. The molecule has 1 saturated carbocycles. The number of carbonyl (C=O) groups excluding carboxylic acids is 1. The molecule has 2 aliphatic carbocycles. The maximum atomic E-state index is 10.7. The Bertz CT molecular complexity index is 659. The summed E-state index contributed by atoms with van der Waals surface area (Å²) in [5, 5.41) is 3.97. The number of carbonyl (C=O) groups is 1. The van der Waals surface area contributed by atoms with Crippen molar-refractivity contribution < 1.29 is 4.79 Å². The molecule has 0 aromatic heterocycles. The largest absolute Gasteiger partial charge is 0.350 e. The van der Waals surface area contributed by atoms with Gasteiger partial charge in [0.15, 0.2) is 0 Å². The third-order valence-electron chi connectivity index (χ3n) is 7.48. The second-order valence-electron chi connectivity index (χ2n) is 10.1. The van der Waals surface area contributed by atoms with Crippen LogP contribution in [0.2, 0.25) is 0 Å². The number of hydrazone groups is 1. The van der Waals surface area contributed by atoms with Crippen LogP contribution in [0.1, 0.15) is 92.9 Å². The molecule has 0 aromatic carbocycles. The molecule has 2 aliphatic rings. The van der Waals surface area contributed by atoms with Crippen LogP contribution in [0.25, 0.3) is 0 Å². The molecule has 3 atom stereocenters. The highest BCUT2D eigenvalue weighted by Crippen LogP contribution is 2.60. The number of allylic oxidation sites excluding steroid dienone is 4. The fourth-order valence-electron chi connectivity index (χ4n) is 5.90. The zero-order chi connectivity index (χ0) is 20.9. The molecule has 0 radical (unpaired) electrons. The maximum Gasteiger partial charge on any atom is 0.332 e. The summed E-state index contributed by atoms with van der Waals surface area (Å²) in [4.78, 5) is 10.7. The first-order valence-electron chi connectivity index (χ1n) is 11.0. The number of rotatable bonds is 7. The van der Waals surface area contributed by atoms with E-state index >= 15 is 0 Å². The van der Waals surface area contributed by atoms with E-state index in [-0.39, 0.29) is 0 Å². The summed E-state index contributed by atoms with van der Waals surface area (Å²) in [7, 11) is 0. The molecule has 0 heterocycles. The minimum absolute atomic E-state index is 0.449. The lowest BCUT2D eigenvalue weighted by Gasteiger charge is -2.57. The molecule has 0 bridgehead atoms. The van der Waals surface area contributed by atoms with Gasteiger partial charge in [0, 0.05) is 5.71 Å². The standard InChI is InChI=1S/C24H41N3O/c1-17(9-7-10-19(3)26-27-22(25)28)11-13-20-18(2)12-14-21-23(4,5)15-8-16-24(20,21)6/h9,12,20-21H,7-8,10-11,13-16H2,1-6H3,(H3,25,27,28)/b17-9+,26-19-/t20-,21+,24-/m1/s1. The quantitative estimate of drug-likeness (QED) is 0.299. The third-order valence-corrected chi connectivity index (χ3v) is 7.48. The summed E-state index contributed by atoms with van der Waals surface area (Å²) >= 11 is 0. The Morgan fingerprint density at radius 1 is 1.29 bits per heavy atom. The van der Waals surface area contributed by atoms with E-state index in [0.29, 0.717) is 16.7 Å². The van der Waals surface area contributed by atoms with Gasteiger partial charge < -0.3 is 5.73 Å². The van der Waals surface area contributed by atoms with Gasteiger partial charge in [-0.1, -0.05) is 50.5 Å². The first-order valence-corrected chi connectivity index (χ1v) is 11.0. The van der Waals surface area contributed by atoms with Gasteiger partial charge in [-0.3, -0.25) is 0 Å². The van der Waals surface area contributed by atoms with Gasteiger partial charge in [-0.2, -0.15) is 5.10 Å². The van der Waals surface area contributed by atoms with Crippen molar-refractivity contribution in [1.29, 1.82) is 0 Å². The summed E-state index contributed by atoms with van der Waals surface area (Å²) in [5.74, 6) is 1.51. The SMILES string of the molecule is CC1=CC[C@H]2C(C)(C)CCC[C@]2(C)[C@@H]1CC/C(C)=C/CC/C(C)=N\NC(N)=O. The van der Waals surface area contributed by atoms with E-state index in [4.69, 9.17) is 5.73 Å². The molecule has 1 fully saturated rings. The highest BCUT2D eigenvalue weighted by atomic mass is 16.2. The summed E-state index contributed by atoms with van der Waals surface area (Å²) in [6.45, 7) is 14.1. The second kappa shape index (κ2) is 9.28. The Morgan fingerprint density at radius 3 is 2.68 bits per heavy atom. The van der Waals surface area contributed by atoms with Gasteiger partial charge in [-0.05, 0) is 88.4 Å². The van der Waals surface area contributed by atoms with Crippen LogP contribution in [0.3, 0.4) is 0 Å². The van der Waals surface area contributed by atoms with Gasteiger partial charge in [0.05, 0.1) is 0 Å². The van der Waals surface area contributed by atoms with Crippen LogP contribution < -0.4 is 11.2 Å². The number of primary amides is 1. The van der Waals surface area contributed by atoms with E-state index in [1.807, 2.05) is 6.92 Å². The van der Waals surface area contributed by atoms with Crippen molar-refractivity contribution in [2.75, 3.05) is 0 Å². The Hall–Kier alpha value is -1.58. The molecule has 2 amide bonds. The number of hydrogen-bond acceptors (Lipinski definition) is 2. The van der Waals surface area contributed by atoms with Crippen molar-refractivity contribution in [2.45, 2.75) is 92.9 Å². The number of urea groups is 1. The summed E-state index contributed by atoms with van der Waals surface area (Å²) in [5.41, 5.74) is 12.2. The molecule has 0 saturated heterocycles. The number of nitrogens with two attached hydrogens (primary N) is 1. The predicted octanol–water partition coefficient (Wildman–Crippen LogP) is 6.34. The Morgan fingerprint density at radius 2 is 2.00 bits per heavy atom. The molecule has 4 nitrogen and oxygen atoms in total. The predicted molar refractivity (Wildman–Crippen MR) is 119 cm³/mol. The van der Waals surface area contributed by atoms with E-state index in [1.165, 1.54) is 37.7 Å². The lowest BCUT2D eigenvalue weighted by molar-refractivity contribution is -0.0390. The first kappa shape index (κ1) is 22.7. The minimum atomic E-state index is -0.611. The smallest absolute Gasteiger partial charge is 0.332 e. The van der Waals surface area contributed by atoms with Crippen molar-refractivity contribution in [2.24, 2.45) is 33.5 Å². The molecule has 0 spiro atoms. The van der Waals surface area contributed by atoms with Gasteiger partial charge in [0.1, 0.15) is 0 Å². The van der Waals surface area contributed by atoms with Crippen LogP contribution in [-0.4, -0.2) is 11.7 Å². The van der Waals surface area contributed by atoms with Gasteiger partial charge >= 0.3 is 6.03 Å². The monoisotopic (exact) mass is 387 g/mol. The summed E-state index contributed by atoms with van der Waals surface area (Å²) in [6.07, 6.45) is 14.5. The van der Waals surface area contributed by atoms with Gasteiger partial charge in [-0.25, -0.2) is 10.2 Å². The topological polar surface area (TPSA) is 67.5 Å². The van der Waals surface area contributed by atoms with Crippen molar-refractivity contribution in [3.05, 3.63) is 23.3 Å². The van der Waals surface area contributed by atoms with Crippen molar-refractivity contribution in [1.82, 2.24) is 5.43 Å². The molecule has 0 unspecified atom stereocenters. The number of amides is 2. The number of hydrogen-bond donors (Lipinski definition) is 2. The Balaban J connectivity index is 1.95. The highest BCUT2D eigenvalue weighted by molar-refractivity contribution is 5.83. The average molecular weight is 388 g/mol. The zero-order valence-electron chi connectivity index (χ0n) is 18.9. The van der Waals surface area contributed by atoms with Crippen molar-refractivity contribution in [3.8, 4) is 0 Å². The normalized spacial score (nSPS) is 30.4. The summed E-state index contributed by atoms with van der Waals surface area (Å²) < 4.78 is 0. The van der Waals surface area contributed by atoms with Crippen molar-refractivity contribution >= 4 is 11.7 Å². The van der Waals surface area contributed by atoms with E-state index in [9.17, 15) is 4.79 Å². The van der Waals surface area contributed by atoms with Crippen LogP contribution in [0.15, 0.2) is 28.4 Å². The van der Waals surface area contributed by atoms with E-state index in [1.54, 1.807) is 5.57 Å². The fraction of sp³-hybridized carbons (Fsp3) is 0.750. The van der Waals surface area contributed by atoms with Crippen LogP contribution >= 0.6 is 0 Å². The fourth-order valence-corrected chi connectivity index (χ4v) is 5.90. The van der Waals surface area contributed by atoms with E-state index < -0.39 is 6.03 Å². The molecular formula is C24H41N3O. The Labute approximate surface area is 172 Å². The second-order valence-corrected chi connectivity index (χ2v) is 10.1. The highest BCUT2D eigenvalue weighted by Gasteiger charge is 2.51. The molecule has 3 N–H and O–H groups in total. The maximum absolute atomic E-state index is 10.7. The minimum Gasteiger partial charge on any atom is -0.350 e. The molecule has 4 heteroatoms. The van der Waals surface area contributed by atoms with Crippen LogP contribution in [-0.2, 0) is 0 Å². The van der Waals surface area contributed by atoms with Crippen LogP contribution in [0.4, 0.5) is 4.79 Å².